The molecule has 48 heavy (non-hydrogen) atoms. The summed E-state index contributed by atoms with van der Waals surface area (Å²) in [5, 5.41) is 0. The van der Waals surface area contributed by atoms with Crippen LogP contribution in [0.25, 0.3) is 72.7 Å². The van der Waals surface area contributed by atoms with Gasteiger partial charge in [0.15, 0.2) is 0 Å². The van der Waals surface area contributed by atoms with Gasteiger partial charge in [-0.3, -0.25) is 9.97 Å². The van der Waals surface area contributed by atoms with Crippen molar-refractivity contribution < 1.29 is 0 Å². The number of nitrogens with zero attached hydrogens (tertiary/aromatic N) is 3. The Labute approximate surface area is 281 Å². The van der Waals surface area contributed by atoms with Crippen LogP contribution in [0.3, 0.4) is 0 Å². The molecular weight excluding hydrogens is 583 g/mol. The summed E-state index contributed by atoms with van der Waals surface area (Å²) >= 11 is 0. The van der Waals surface area contributed by atoms with E-state index in [0.717, 1.165) is 85.7 Å². The molecule has 0 unspecified atom stereocenters. The van der Waals surface area contributed by atoms with Crippen LogP contribution in [-0.4, -0.2) is 15.0 Å². The van der Waals surface area contributed by atoms with Crippen LogP contribution in [0.2, 0.25) is 0 Å². The Kier molecular flexibility index (Phi) is 8.08. The number of hydrogen-bond acceptors (Lipinski definition) is 3. The van der Waals surface area contributed by atoms with E-state index in [-0.39, 0.29) is 0 Å². The van der Waals surface area contributed by atoms with Gasteiger partial charge in [0.2, 0.25) is 0 Å². The molecule has 3 aromatic heterocycles. The zero-order valence-electron chi connectivity index (χ0n) is 26.5. The standard InChI is InChI=1S/C45H33N3/c1-5-13-32(14-6-1)36-21-23-46-42(28-36)40-25-38(26-41(27-40)43-29-37(22-24-47-43)33-15-7-2-8-16-33)39-30-44(34-17-9-3-10-18-34)48-45(31-39)35-19-11-4-12-20-35/h1-11,13-19,21-31H,12,20H2. The number of aromatic nitrogens is 3. The molecule has 1 aliphatic carbocycles. The second kappa shape index (κ2) is 13.3. The van der Waals surface area contributed by atoms with Crippen LogP contribution in [0.4, 0.5) is 0 Å². The van der Waals surface area contributed by atoms with Gasteiger partial charge in [0.05, 0.1) is 22.8 Å². The van der Waals surface area contributed by atoms with E-state index in [0.29, 0.717) is 0 Å². The lowest BCUT2D eigenvalue weighted by Gasteiger charge is -2.15. The van der Waals surface area contributed by atoms with Crippen LogP contribution in [0.15, 0.2) is 176 Å². The van der Waals surface area contributed by atoms with Crippen molar-refractivity contribution in [3.63, 3.8) is 0 Å². The Bertz CT molecular complexity index is 2170. The van der Waals surface area contributed by atoms with E-state index in [1.165, 1.54) is 5.57 Å². The summed E-state index contributed by atoms with van der Waals surface area (Å²) in [6.07, 6.45) is 12.4. The van der Waals surface area contributed by atoms with Gasteiger partial charge < -0.3 is 0 Å². The fourth-order valence-corrected chi connectivity index (χ4v) is 6.32. The molecule has 0 radical (unpaired) electrons. The lowest BCUT2D eigenvalue weighted by atomic mass is 9.93. The van der Waals surface area contributed by atoms with E-state index < -0.39 is 0 Å². The lowest BCUT2D eigenvalue weighted by molar-refractivity contribution is 1.04. The second-order valence-electron chi connectivity index (χ2n) is 12.0. The highest BCUT2D eigenvalue weighted by atomic mass is 14.7. The minimum Gasteiger partial charge on any atom is -0.256 e. The maximum absolute atomic E-state index is 5.18. The average Bonchev–Trinajstić information content (AvgIpc) is 3.19. The summed E-state index contributed by atoms with van der Waals surface area (Å²) < 4.78 is 0. The van der Waals surface area contributed by atoms with E-state index >= 15 is 0 Å². The number of hydrogen-bond donors (Lipinski definition) is 0. The van der Waals surface area contributed by atoms with Crippen molar-refractivity contribution in [1.29, 1.82) is 0 Å². The first-order chi connectivity index (χ1) is 23.8. The monoisotopic (exact) mass is 615 g/mol. The van der Waals surface area contributed by atoms with Crippen molar-refractivity contribution in [2.24, 2.45) is 0 Å². The second-order valence-corrected chi connectivity index (χ2v) is 12.0. The number of pyridine rings is 3. The van der Waals surface area contributed by atoms with Crippen molar-refractivity contribution in [3.8, 4) is 67.2 Å². The highest BCUT2D eigenvalue weighted by Gasteiger charge is 2.15. The first-order valence-corrected chi connectivity index (χ1v) is 16.4. The average molecular weight is 616 g/mol. The van der Waals surface area contributed by atoms with Crippen LogP contribution in [-0.2, 0) is 0 Å². The van der Waals surface area contributed by atoms with Gasteiger partial charge in [0, 0.05) is 29.1 Å². The molecule has 0 spiro atoms. The third-order valence-corrected chi connectivity index (χ3v) is 8.83. The molecule has 0 saturated carbocycles. The number of allylic oxidation sites excluding steroid dienone is 4. The van der Waals surface area contributed by atoms with Gasteiger partial charge in [-0.25, -0.2) is 4.98 Å². The molecule has 1 aliphatic rings. The highest BCUT2D eigenvalue weighted by Crippen LogP contribution is 2.37. The van der Waals surface area contributed by atoms with Gasteiger partial charge >= 0.3 is 0 Å². The van der Waals surface area contributed by atoms with E-state index in [4.69, 9.17) is 15.0 Å². The molecule has 7 aromatic rings. The molecule has 8 rings (SSSR count). The van der Waals surface area contributed by atoms with Crippen molar-refractivity contribution in [3.05, 3.63) is 182 Å². The van der Waals surface area contributed by atoms with Crippen LogP contribution in [0.5, 0.6) is 0 Å². The molecule has 0 bridgehead atoms. The van der Waals surface area contributed by atoms with Gasteiger partial charge in [0.1, 0.15) is 0 Å². The van der Waals surface area contributed by atoms with E-state index in [1.54, 1.807) is 0 Å². The number of benzene rings is 4. The van der Waals surface area contributed by atoms with Crippen molar-refractivity contribution in [2.45, 2.75) is 12.8 Å². The third kappa shape index (κ3) is 6.27. The van der Waals surface area contributed by atoms with Crippen LogP contribution < -0.4 is 0 Å². The molecule has 0 saturated heterocycles. The van der Waals surface area contributed by atoms with Crippen LogP contribution in [0.1, 0.15) is 18.5 Å². The maximum Gasteiger partial charge on any atom is 0.0715 e. The molecule has 0 aliphatic heterocycles. The normalized spacial score (nSPS) is 12.5. The van der Waals surface area contributed by atoms with Gasteiger partial charge in [-0.1, -0.05) is 109 Å². The molecule has 0 amide bonds. The molecule has 0 N–H and O–H groups in total. The largest absolute Gasteiger partial charge is 0.256 e. The van der Waals surface area contributed by atoms with Gasteiger partial charge in [-0.05, 0) is 106 Å². The Morgan fingerprint density at radius 1 is 0.375 bits per heavy atom. The molecule has 3 heterocycles. The summed E-state index contributed by atoms with van der Waals surface area (Å²) in [6.45, 7) is 0. The predicted molar refractivity (Wildman–Crippen MR) is 199 cm³/mol. The lowest BCUT2D eigenvalue weighted by Crippen LogP contribution is -1.97. The summed E-state index contributed by atoms with van der Waals surface area (Å²) in [4.78, 5) is 14.9. The third-order valence-electron chi connectivity index (χ3n) is 8.83. The minimum atomic E-state index is 0.913. The summed E-state index contributed by atoms with van der Waals surface area (Å²) in [5.74, 6) is 0. The summed E-state index contributed by atoms with van der Waals surface area (Å²) in [6, 6.07) is 51.1. The first kappa shape index (κ1) is 29.2. The molecular formula is C45H33N3. The molecule has 4 aromatic carbocycles. The van der Waals surface area contributed by atoms with E-state index in [1.807, 2.05) is 30.6 Å². The Morgan fingerprint density at radius 3 is 1.40 bits per heavy atom. The first-order valence-electron chi connectivity index (χ1n) is 16.4. The molecule has 3 nitrogen and oxygen atoms in total. The molecule has 3 heteroatoms. The Morgan fingerprint density at radius 2 is 0.854 bits per heavy atom. The predicted octanol–water partition coefficient (Wildman–Crippen LogP) is 11.6. The topological polar surface area (TPSA) is 38.7 Å². The summed E-state index contributed by atoms with van der Waals surface area (Å²) in [7, 11) is 0. The summed E-state index contributed by atoms with van der Waals surface area (Å²) in [5.41, 5.74) is 15.0. The van der Waals surface area contributed by atoms with E-state index in [2.05, 4.69) is 146 Å². The quantitative estimate of drug-likeness (QED) is 0.179. The fraction of sp³-hybridized carbons (Fsp3) is 0.0444. The van der Waals surface area contributed by atoms with Gasteiger partial charge in [0.25, 0.3) is 0 Å². The van der Waals surface area contributed by atoms with Gasteiger partial charge in [-0.15, -0.1) is 0 Å². The van der Waals surface area contributed by atoms with Crippen LogP contribution in [0, 0.1) is 0 Å². The Hall–Kier alpha value is -6.19. The SMILES string of the molecule is C1=CCCC(c2cc(-c3cc(-c4cc(-c5ccccc5)ccn4)cc(-c4cc(-c5ccccc5)ccn4)c3)cc(-c3ccccc3)n2)=C1. The maximum atomic E-state index is 5.18. The fourth-order valence-electron chi connectivity index (χ4n) is 6.32. The molecule has 0 fully saturated rings. The zero-order valence-corrected chi connectivity index (χ0v) is 26.5. The highest BCUT2D eigenvalue weighted by molar-refractivity contribution is 5.84. The Balaban J connectivity index is 1.32. The van der Waals surface area contributed by atoms with Crippen molar-refractivity contribution in [2.75, 3.05) is 0 Å². The molecule has 0 atom stereocenters. The van der Waals surface area contributed by atoms with Crippen molar-refractivity contribution in [1.82, 2.24) is 15.0 Å². The smallest absolute Gasteiger partial charge is 0.0715 e. The van der Waals surface area contributed by atoms with Gasteiger partial charge in [-0.2, -0.15) is 0 Å². The van der Waals surface area contributed by atoms with Crippen molar-refractivity contribution >= 4 is 5.57 Å². The molecule has 228 valence electrons. The minimum absolute atomic E-state index is 0.913. The zero-order chi connectivity index (χ0) is 32.1. The van der Waals surface area contributed by atoms with Crippen LogP contribution >= 0.6 is 0 Å². The number of rotatable bonds is 7. The van der Waals surface area contributed by atoms with E-state index in [9.17, 15) is 0 Å².